The molecule has 0 bridgehead atoms. The normalized spacial score (nSPS) is 12.4. The van der Waals surface area contributed by atoms with E-state index in [1.165, 1.54) is 18.4 Å². The number of rotatable bonds is 6. The summed E-state index contributed by atoms with van der Waals surface area (Å²) < 4.78 is 0. The molecule has 0 aromatic heterocycles. The van der Waals surface area contributed by atoms with Gasteiger partial charge >= 0.3 is 0 Å². The molecule has 0 spiro atoms. The summed E-state index contributed by atoms with van der Waals surface area (Å²) in [5, 5.41) is 0. The summed E-state index contributed by atoms with van der Waals surface area (Å²) >= 11 is 0. The van der Waals surface area contributed by atoms with Crippen molar-refractivity contribution in [2.45, 2.75) is 38.5 Å². The van der Waals surface area contributed by atoms with Crippen molar-refractivity contribution in [1.29, 1.82) is 0 Å². The molecule has 0 radical (unpaired) electrons. The smallest absolute Gasteiger partial charge is 0.120 e. The Hall–Kier alpha value is -1.11. The minimum Gasteiger partial charge on any atom is -0.303 e. The van der Waals surface area contributed by atoms with E-state index in [9.17, 15) is 4.79 Å². The Labute approximate surface area is 86.1 Å². The Balaban J connectivity index is 2.62. The summed E-state index contributed by atoms with van der Waals surface area (Å²) in [6.45, 7) is 2.18. The number of benzene rings is 1. The van der Waals surface area contributed by atoms with E-state index in [2.05, 4.69) is 19.1 Å². The zero-order chi connectivity index (χ0) is 10.2. The molecule has 0 heterocycles. The van der Waals surface area contributed by atoms with Crippen LogP contribution in [0.3, 0.4) is 0 Å². The fourth-order valence-corrected chi connectivity index (χ4v) is 1.71. The molecule has 0 aliphatic carbocycles. The third-order valence-electron chi connectivity index (χ3n) is 2.56. The first-order chi connectivity index (χ1) is 6.88. The molecular formula is C13H18O. The van der Waals surface area contributed by atoms with E-state index >= 15 is 0 Å². The molecule has 0 aliphatic rings. The molecule has 1 nitrogen and oxygen atoms in total. The van der Waals surface area contributed by atoms with Crippen LogP contribution in [-0.4, -0.2) is 6.29 Å². The second kappa shape index (κ2) is 6.36. The maximum absolute atomic E-state index is 10.6. The van der Waals surface area contributed by atoms with Crippen LogP contribution in [0.2, 0.25) is 0 Å². The van der Waals surface area contributed by atoms with Crippen LogP contribution in [0.25, 0.3) is 0 Å². The van der Waals surface area contributed by atoms with Crippen LogP contribution in [0, 0.1) is 0 Å². The van der Waals surface area contributed by atoms with Crippen molar-refractivity contribution in [2.75, 3.05) is 0 Å². The van der Waals surface area contributed by atoms with Gasteiger partial charge in [0.15, 0.2) is 0 Å². The quantitative estimate of drug-likeness (QED) is 0.627. The molecule has 0 aliphatic heterocycles. The van der Waals surface area contributed by atoms with Gasteiger partial charge in [0.2, 0.25) is 0 Å². The second-order valence-corrected chi connectivity index (χ2v) is 3.65. The molecule has 1 heteroatoms. The van der Waals surface area contributed by atoms with Gasteiger partial charge in [0.25, 0.3) is 0 Å². The summed E-state index contributed by atoms with van der Waals surface area (Å²) in [5.41, 5.74) is 1.30. The lowest BCUT2D eigenvalue weighted by molar-refractivity contribution is -0.108. The predicted octanol–water partition coefficient (Wildman–Crippen LogP) is 3.55. The number of hydrogen-bond donors (Lipinski definition) is 0. The van der Waals surface area contributed by atoms with Gasteiger partial charge < -0.3 is 4.79 Å². The van der Waals surface area contributed by atoms with Crippen molar-refractivity contribution in [1.82, 2.24) is 0 Å². The Morgan fingerprint density at radius 1 is 1.29 bits per heavy atom. The summed E-state index contributed by atoms with van der Waals surface area (Å²) in [5.74, 6) is 0.425. The molecule has 0 saturated heterocycles. The molecule has 1 aromatic carbocycles. The third kappa shape index (κ3) is 3.33. The number of unbranched alkanes of at least 4 members (excludes halogenated alkanes) is 1. The predicted molar refractivity (Wildman–Crippen MR) is 59.4 cm³/mol. The minimum absolute atomic E-state index is 0.425. The number of carbonyl (C=O) groups excluding carboxylic acids is 1. The zero-order valence-corrected chi connectivity index (χ0v) is 8.78. The summed E-state index contributed by atoms with van der Waals surface area (Å²) in [6.07, 6.45) is 5.21. The van der Waals surface area contributed by atoms with Gasteiger partial charge in [0, 0.05) is 6.42 Å². The Bertz CT molecular complexity index is 253. The summed E-state index contributed by atoms with van der Waals surface area (Å²) in [4.78, 5) is 10.6. The van der Waals surface area contributed by atoms with Gasteiger partial charge in [0.05, 0.1) is 0 Å². The first kappa shape index (κ1) is 11.0. The van der Waals surface area contributed by atoms with Gasteiger partial charge in [0.1, 0.15) is 6.29 Å². The average molecular weight is 190 g/mol. The second-order valence-electron chi connectivity index (χ2n) is 3.65. The highest BCUT2D eigenvalue weighted by Gasteiger charge is 2.09. The van der Waals surface area contributed by atoms with Crippen LogP contribution in [0.15, 0.2) is 30.3 Å². The van der Waals surface area contributed by atoms with Crippen molar-refractivity contribution < 1.29 is 4.79 Å². The van der Waals surface area contributed by atoms with E-state index < -0.39 is 0 Å². The van der Waals surface area contributed by atoms with Gasteiger partial charge in [-0.1, -0.05) is 50.1 Å². The lowest BCUT2D eigenvalue weighted by atomic mass is 9.91. The van der Waals surface area contributed by atoms with Crippen LogP contribution in [0.1, 0.15) is 44.1 Å². The monoisotopic (exact) mass is 190 g/mol. The molecule has 76 valence electrons. The molecule has 0 amide bonds. The van der Waals surface area contributed by atoms with E-state index in [1.807, 2.05) is 18.2 Å². The fourth-order valence-electron chi connectivity index (χ4n) is 1.71. The number of hydrogen-bond acceptors (Lipinski definition) is 1. The molecule has 0 saturated carbocycles. The molecule has 1 unspecified atom stereocenters. The first-order valence-corrected chi connectivity index (χ1v) is 5.37. The van der Waals surface area contributed by atoms with E-state index in [1.54, 1.807) is 0 Å². The van der Waals surface area contributed by atoms with Crippen LogP contribution in [-0.2, 0) is 4.79 Å². The van der Waals surface area contributed by atoms with Crippen molar-refractivity contribution in [3.05, 3.63) is 35.9 Å². The highest BCUT2D eigenvalue weighted by Crippen LogP contribution is 2.24. The van der Waals surface area contributed by atoms with Crippen molar-refractivity contribution >= 4 is 6.29 Å². The van der Waals surface area contributed by atoms with Crippen LogP contribution in [0.5, 0.6) is 0 Å². The van der Waals surface area contributed by atoms with Crippen molar-refractivity contribution in [3.63, 3.8) is 0 Å². The highest BCUT2D eigenvalue weighted by molar-refractivity contribution is 5.51. The van der Waals surface area contributed by atoms with Gasteiger partial charge in [-0.05, 0) is 17.9 Å². The third-order valence-corrected chi connectivity index (χ3v) is 2.56. The number of aldehydes is 1. The van der Waals surface area contributed by atoms with Crippen molar-refractivity contribution in [3.8, 4) is 0 Å². The lowest BCUT2D eigenvalue weighted by Crippen LogP contribution is -1.99. The molecule has 1 rings (SSSR count). The number of carbonyl (C=O) groups is 1. The van der Waals surface area contributed by atoms with E-state index in [4.69, 9.17) is 0 Å². The Morgan fingerprint density at radius 2 is 2.00 bits per heavy atom. The summed E-state index contributed by atoms with van der Waals surface area (Å²) in [7, 11) is 0. The maximum atomic E-state index is 10.6. The maximum Gasteiger partial charge on any atom is 0.120 e. The van der Waals surface area contributed by atoms with E-state index in [0.717, 1.165) is 12.7 Å². The SMILES string of the molecule is CCCCC(CC=O)c1ccccc1. The Morgan fingerprint density at radius 3 is 2.57 bits per heavy atom. The highest BCUT2D eigenvalue weighted by atomic mass is 16.1. The first-order valence-electron chi connectivity index (χ1n) is 5.37. The minimum atomic E-state index is 0.425. The zero-order valence-electron chi connectivity index (χ0n) is 8.78. The molecular weight excluding hydrogens is 172 g/mol. The van der Waals surface area contributed by atoms with Crippen LogP contribution >= 0.6 is 0 Å². The average Bonchev–Trinajstić information content (AvgIpc) is 2.25. The molecule has 0 N–H and O–H groups in total. The van der Waals surface area contributed by atoms with Crippen LogP contribution < -0.4 is 0 Å². The van der Waals surface area contributed by atoms with Gasteiger partial charge in [-0.25, -0.2) is 0 Å². The molecule has 1 aromatic rings. The topological polar surface area (TPSA) is 17.1 Å². The van der Waals surface area contributed by atoms with E-state index in [-0.39, 0.29) is 0 Å². The fraction of sp³-hybridized carbons (Fsp3) is 0.462. The molecule has 14 heavy (non-hydrogen) atoms. The standard InChI is InChI=1S/C13H18O/c1-2-3-7-13(10-11-14)12-8-5-4-6-9-12/h4-6,8-9,11,13H,2-3,7,10H2,1H3. The Kier molecular flexibility index (Phi) is 4.98. The van der Waals surface area contributed by atoms with Crippen LogP contribution in [0.4, 0.5) is 0 Å². The summed E-state index contributed by atoms with van der Waals surface area (Å²) in [6, 6.07) is 10.3. The van der Waals surface area contributed by atoms with E-state index in [0.29, 0.717) is 12.3 Å². The molecule has 0 fully saturated rings. The van der Waals surface area contributed by atoms with Gasteiger partial charge in [-0.15, -0.1) is 0 Å². The largest absolute Gasteiger partial charge is 0.303 e. The van der Waals surface area contributed by atoms with Gasteiger partial charge in [-0.2, -0.15) is 0 Å². The van der Waals surface area contributed by atoms with Crippen molar-refractivity contribution in [2.24, 2.45) is 0 Å². The van der Waals surface area contributed by atoms with Gasteiger partial charge in [-0.3, -0.25) is 0 Å². The lowest BCUT2D eigenvalue weighted by Gasteiger charge is -2.13. The molecule has 1 atom stereocenters.